The van der Waals surface area contributed by atoms with Gasteiger partial charge in [0, 0.05) is 31.3 Å². The van der Waals surface area contributed by atoms with E-state index in [1.54, 1.807) is 0 Å². The molecule has 2 N–H and O–H groups in total. The molecular weight excluding hydrogens is 180 g/mol. The van der Waals surface area contributed by atoms with E-state index in [0.29, 0.717) is 6.54 Å². The van der Waals surface area contributed by atoms with Crippen LogP contribution in [-0.2, 0) is 11.4 Å². The molecule has 76 valence electrons. The summed E-state index contributed by atoms with van der Waals surface area (Å²) in [5.74, 6) is 0. The molecule has 0 saturated heterocycles. The minimum Gasteiger partial charge on any atom is -0.390 e. The lowest BCUT2D eigenvalue weighted by Crippen LogP contribution is -2.19. The van der Waals surface area contributed by atoms with E-state index in [1.165, 1.54) is 0 Å². The van der Waals surface area contributed by atoms with Gasteiger partial charge in [0.1, 0.15) is 6.10 Å². The van der Waals surface area contributed by atoms with Crippen LogP contribution in [0.15, 0.2) is 17.5 Å². The van der Waals surface area contributed by atoms with Gasteiger partial charge in [0.05, 0.1) is 11.9 Å². The first-order valence-electron chi connectivity index (χ1n) is 4.79. The van der Waals surface area contributed by atoms with Gasteiger partial charge in [-0.2, -0.15) is 5.10 Å². The van der Waals surface area contributed by atoms with Gasteiger partial charge in [-0.3, -0.25) is 4.68 Å². The Morgan fingerprint density at radius 1 is 1.71 bits per heavy atom. The third-order valence-electron chi connectivity index (χ3n) is 2.29. The molecule has 1 unspecified atom stereocenters. The Morgan fingerprint density at radius 3 is 3.14 bits per heavy atom. The predicted octanol–water partition coefficient (Wildman–Crippen LogP) is 0.355. The van der Waals surface area contributed by atoms with E-state index >= 15 is 0 Å². The zero-order valence-electron chi connectivity index (χ0n) is 8.18. The molecule has 5 heteroatoms. The van der Waals surface area contributed by atoms with Crippen LogP contribution in [0.5, 0.6) is 0 Å². The SMILES string of the molecule is CCn1cc(C2=NOC(CN)C2)cn1. The summed E-state index contributed by atoms with van der Waals surface area (Å²) >= 11 is 0. The summed E-state index contributed by atoms with van der Waals surface area (Å²) in [5.41, 5.74) is 7.46. The summed E-state index contributed by atoms with van der Waals surface area (Å²) in [5, 5.41) is 8.17. The maximum absolute atomic E-state index is 5.49. The average Bonchev–Trinajstić information content (AvgIpc) is 2.86. The van der Waals surface area contributed by atoms with E-state index in [2.05, 4.69) is 10.3 Å². The number of hydrogen-bond acceptors (Lipinski definition) is 4. The Labute approximate surface area is 82.5 Å². The largest absolute Gasteiger partial charge is 0.390 e. The Bertz CT molecular complexity index is 344. The smallest absolute Gasteiger partial charge is 0.145 e. The van der Waals surface area contributed by atoms with Gasteiger partial charge in [-0.1, -0.05) is 5.16 Å². The lowest BCUT2D eigenvalue weighted by Gasteiger charge is -2.01. The highest BCUT2D eigenvalue weighted by atomic mass is 16.6. The van der Waals surface area contributed by atoms with Crippen LogP contribution in [0.4, 0.5) is 0 Å². The highest BCUT2D eigenvalue weighted by molar-refractivity contribution is 6.00. The average molecular weight is 194 g/mol. The minimum atomic E-state index is 0.0370. The van der Waals surface area contributed by atoms with Crippen LogP contribution in [0, 0.1) is 0 Å². The van der Waals surface area contributed by atoms with Crippen molar-refractivity contribution in [1.29, 1.82) is 0 Å². The Morgan fingerprint density at radius 2 is 2.57 bits per heavy atom. The third kappa shape index (κ3) is 1.63. The second-order valence-electron chi connectivity index (χ2n) is 3.29. The summed E-state index contributed by atoms with van der Waals surface area (Å²) in [4.78, 5) is 5.14. The molecule has 5 nitrogen and oxygen atoms in total. The van der Waals surface area contributed by atoms with Crippen LogP contribution in [0.25, 0.3) is 0 Å². The van der Waals surface area contributed by atoms with E-state index in [0.717, 1.165) is 24.2 Å². The van der Waals surface area contributed by atoms with Gasteiger partial charge in [0.15, 0.2) is 0 Å². The number of hydrogen-bond donors (Lipinski definition) is 1. The second-order valence-corrected chi connectivity index (χ2v) is 3.29. The fourth-order valence-electron chi connectivity index (χ4n) is 1.41. The standard InChI is InChI=1S/C9H14N4O/c1-2-13-6-7(5-11-13)9-3-8(4-10)14-12-9/h5-6,8H,2-4,10H2,1H3. The first kappa shape index (κ1) is 9.21. The van der Waals surface area contributed by atoms with Crippen LogP contribution < -0.4 is 5.73 Å². The highest BCUT2D eigenvalue weighted by Gasteiger charge is 2.21. The zero-order valence-corrected chi connectivity index (χ0v) is 8.18. The van der Waals surface area contributed by atoms with Gasteiger partial charge in [0.25, 0.3) is 0 Å². The number of aromatic nitrogens is 2. The van der Waals surface area contributed by atoms with Crippen molar-refractivity contribution in [3.63, 3.8) is 0 Å². The molecule has 1 atom stereocenters. The fraction of sp³-hybridized carbons (Fsp3) is 0.556. The first-order chi connectivity index (χ1) is 6.83. The van der Waals surface area contributed by atoms with Crippen molar-refractivity contribution in [2.45, 2.75) is 26.0 Å². The van der Waals surface area contributed by atoms with Crippen LogP contribution in [0.1, 0.15) is 18.9 Å². The van der Waals surface area contributed by atoms with Crippen molar-refractivity contribution in [3.05, 3.63) is 18.0 Å². The van der Waals surface area contributed by atoms with E-state index < -0.39 is 0 Å². The Kier molecular flexibility index (Phi) is 2.49. The summed E-state index contributed by atoms with van der Waals surface area (Å²) < 4.78 is 1.87. The molecule has 2 rings (SSSR count). The summed E-state index contributed by atoms with van der Waals surface area (Å²) in [6, 6.07) is 0. The van der Waals surface area contributed by atoms with Crippen molar-refractivity contribution in [1.82, 2.24) is 9.78 Å². The molecule has 0 radical (unpaired) electrons. The molecule has 1 aromatic rings. The van der Waals surface area contributed by atoms with E-state index in [1.807, 2.05) is 24.0 Å². The lowest BCUT2D eigenvalue weighted by atomic mass is 10.1. The maximum atomic E-state index is 5.49. The molecule has 14 heavy (non-hydrogen) atoms. The van der Waals surface area contributed by atoms with Crippen molar-refractivity contribution >= 4 is 5.71 Å². The molecule has 0 fully saturated rings. The molecule has 0 aromatic carbocycles. The molecule has 0 aliphatic carbocycles. The topological polar surface area (TPSA) is 65.4 Å². The maximum Gasteiger partial charge on any atom is 0.145 e. The number of oxime groups is 1. The molecule has 2 heterocycles. The van der Waals surface area contributed by atoms with Crippen molar-refractivity contribution in [2.75, 3.05) is 6.54 Å². The highest BCUT2D eigenvalue weighted by Crippen LogP contribution is 2.15. The molecule has 0 spiro atoms. The van der Waals surface area contributed by atoms with Crippen LogP contribution in [0.2, 0.25) is 0 Å². The molecule has 1 aliphatic rings. The zero-order chi connectivity index (χ0) is 9.97. The summed E-state index contributed by atoms with van der Waals surface area (Å²) in [6.07, 6.45) is 4.60. The Balaban J connectivity index is 2.09. The molecule has 0 amide bonds. The molecule has 1 aliphatic heterocycles. The first-order valence-corrected chi connectivity index (χ1v) is 4.79. The second kappa shape index (κ2) is 3.79. The van der Waals surface area contributed by atoms with Crippen LogP contribution >= 0.6 is 0 Å². The van der Waals surface area contributed by atoms with Crippen molar-refractivity contribution < 1.29 is 4.84 Å². The van der Waals surface area contributed by atoms with E-state index in [9.17, 15) is 0 Å². The fourth-order valence-corrected chi connectivity index (χ4v) is 1.41. The number of nitrogens with two attached hydrogens (primary N) is 1. The Hall–Kier alpha value is -1.36. The summed E-state index contributed by atoms with van der Waals surface area (Å²) in [6.45, 7) is 3.43. The van der Waals surface area contributed by atoms with Gasteiger partial charge in [-0.25, -0.2) is 0 Å². The quantitative estimate of drug-likeness (QED) is 0.755. The van der Waals surface area contributed by atoms with Crippen molar-refractivity contribution in [2.24, 2.45) is 10.9 Å². The predicted molar refractivity (Wildman–Crippen MR) is 53.0 cm³/mol. The summed E-state index contributed by atoms with van der Waals surface area (Å²) in [7, 11) is 0. The van der Waals surface area contributed by atoms with Crippen molar-refractivity contribution in [3.8, 4) is 0 Å². The number of nitrogens with zero attached hydrogens (tertiary/aromatic N) is 3. The third-order valence-corrected chi connectivity index (χ3v) is 2.29. The van der Waals surface area contributed by atoms with E-state index in [-0.39, 0.29) is 6.10 Å². The molecular formula is C9H14N4O. The van der Waals surface area contributed by atoms with E-state index in [4.69, 9.17) is 10.6 Å². The van der Waals surface area contributed by atoms with Gasteiger partial charge in [0.2, 0.25) is 0 Å². The van der Waals surface area contributed by atoms with Gasteiger partial charge < -0.3 is 10.6 Å². The van der Waals surface area contributed by atoms with Gasteiger partial charge >= 0.3 is 0 Å². The van der Waals surface area contributed by atoms with Crippen LogP contribution in [0.3, 0.4) is 0 Å². The minimum absolute atomic E-state index is 0.0370. The van der Waals surface area contributed by atoms with Gasteiger partial charge in [-0.05, 0) is 6.92 Å². The normalized spacial score (nSPS) is 20.7. The molecule has 0 saturated carbocycles. The monoisotopic (exact) mass is 194 g/mol. The number of rotatable bonds is 3. The molecule has 1 aromatic heterocycles. The number of aryl methyl sites for hydroxylation is 1. The lowest BCUT2D eigenvalue weighted by molar-refractivity contribution is 0.0918. The van der Waals surface area contributed by atoms with Crippen LogP contribution in [-0.4, -0.2) is 28.1 Å². The molecule has 0 bridgehead atoms. The van der Waals surface area contributed by atoms with Gasteiger partial charge in [-0.15, -0.1) is 0 Å².